The van der Waals surface area contributed by atoms with Crippen LogP contribution in [0.3, 0.4) is 0 Å². The molecule has 3 rings (SSSR count). The number of rotatable bonds is 2. The van der Waals surface area contributed by atoms with Crippen molar-refractivity contribution in [2.75, 3.05) is 11.4 Å². The highest BCUT2D eigenvalue weighted by atomic mass is 79.9. The lowest BCUT2D eigenvalue weighted by atomic mass is 9.90. The lowest BCUT2D eigenvalue weighted by molar-refractivity contribution is 0.530. The summed E-state index contributed by atoms with van der Waals surface area (Å²) in [4.78, 5) is 6.38. The van der Waals surface area contributed by atoms with E-state index in [1.165, 1.54) is 12.1 Å². The molecule has 108 valence electrons. The largest absolute Gasteiger partial charge is 0.369 e. The summed E-state index contributed by atoms with van der Waals surface area (Å²) in [5, 5.41) is 0. The van der Waals surface area contributed by atoms with E-state index < -0.39 is 5.54 Å². The minimum Gasteiger partial charge on any atom is -0.369 e. The van der Waals surface area contributed by atoms with Crippen molar-refractivity contribution in [3.8, 4) is 0 Å². The van der Waals surface area contributed by atoms with Crippen LogP contribution in [-0.4, -0.2) is 12.5 Å². The van der Waals surface area contributed by atoms with Gasteiger partial charge in [-0.05, 0) is 42.8 Å². The number of anilines is 1. The van der Waals surface area contributed by atoms with Crippen LogP contribution in [0.1, 0.15) is 12.5 Å². The first-order chi connectivity index (χ1) is 10.0. The van der Waals surface area contributed by atoms with Crippen molar-refractivity contribution < 1.29 is 4.39 Å². The number of halogens is 2. The van der Waals surface area contributed by atoms with Crippen molar-refractivity contribution in [2.45, 2.75) is 12.5 Å². The molecule has 2 aromatic carbocycles. The molecule has 0 saturated heterocycles. The Hall–Kier alpha value is -1.88. The molecule has 1 heterocycles. The van der Waals surface area contributed by atoms with Crippen LogP contribution in [0.15, 0.2) is 58.0 Å². The van der Waals surface area contributed by atoms with E-state index in [2.05, 4.69) is 27.8 Å². The van der Waals surface area contributed by atoms with Crippen LogP contribution in [0.25, 0.3) is 0 Å². The third-order valence-corrected chi connectivity index (χ3v) is 4.30. The van der Waals surface area contributed by atoms with Gasteiger partial charge in [-0.3, -0.25) is 4.99 Å². The Morgan fingerprint density at radius 3 is 2.62 bits per heavy atom. The van der Waals surface area contributed by atoms with Crippen LogP contribution in [0, 0.1) is 5.82 Å². The van der Waals surface area contributed by atoms with Crippen molar-refractivity contribution in [1.82, 2.24) is 0 Å². The average Bonchev–Trinajstić information content (AvgIpc) is 2.76. The SMILES string of the molecule is CC1(c2ccc(F)cc2)CN=C(N)N1c1cccc(Br)c1. The molecule has 0 amide bonds. The molecular weight excluding hydrogens is 333 g/mol. The topological polar surface area (TPSA) is 41.6 Å². The van der Waals surface area contributed by atoms with Crippen LogP contribution < -0.4 is 10.6 Å². The Morgan fingerprint density at radius 2 is 1.95 bits per heavy atom. The summed E-state index contributed by atoms with van der Waals surface area (Å²) in [5.74, 6) is 0.225. The molecule has 2 N–H and O–H groups in total. The van der Waals surface area contributed by atoms with Gasteiger partial charge in [0.1, 0.15) is 5.82 Å². The molecule has 0 aliphatic carbocycles. The number of hydrogen-bond donors (Lipinski definition) is 1. The maximum absolute atomic E-state index is 13.2. The average molecular weight is 348 g/mol. The summed E-state index contributed by atoms with van der Waals surface area (Å²) in [6.45, 7) is 2.60. The molecule has 0 fully saturated rings. The predicted octanol–water partition coefficient (Wildman–Crippen LogP) is 3.64. The first-order valence-corrected chi connectivity index (χ1v) is 7.42. The Morgan fingerprint density at radius 1 is 1.24 bits per heavy atom. The number of nitrogens with two attached hydrogens (primary N) is 1. The maximum atomic E-state index is 13.2. The fraction of sp³-hybridized carbons (Fsp3) is 0.188. The normalized spacial score (nSPS) is 21.5. The summed E-state index contributed by atoms with van der Waals surface area (Å²) >= 11 is 3.48. The second-order valence-electron chi connectivity index (χ2n) is 5.27. The fourth-order valence-corrected chi connectivity index (χ4v) is 3.08. The van der Waals surface area contributed by atoms with Gasteiger partial charge < -0.3 is 10.6 Å². The summed E-state index contributed by atoms with van der Waals surface area (Å²) in [7, 11) is 0. The second kappa shape index (κ2) is 5.15. The molecule has 0 saturated carbocycles. The Balaban J connectivity index is 2.07. The van der Waals surface area contributed by atoms with Crippen LogP contribution in [0.5, 0.6) is 0 Å². The van der Waals surface area contributed by atoms with E-state index in [9.17, 15) is 4.39 Å². The number of hydrogen-bond acceptors (Lipinski definition) is 3. The van der Waals surface area contributed by atoms with Gasteiger partial charge in [0.15, 0.2) is 5.96 Å². The molecule has 0 bridgehead atoms. The molecule has 2 aromatic rings. The van der Waals surface area contributed by atoms with Crippen molar-refractivity contribution in [1.29, 1.82) is 0 Å². The minimum absolute atomic E-state index is 0.247. The van der Waals surface area contributed by atoms with Crippen molar-refractivity contribution in [3.05, 3.63) is 64.4 Å². The molecule has 1 aliphatic heterocycles. The van der Waals surface area contributed by atoms with Gasteiger partial charge in [0, 0.05) is 10.2 Å². The summed E-state index contributed by atoms with van der Waals surface area (Å²) in [6.07, 6.45) is 0. The molecule has 1 atom stereocenters. The van der Waals surface area contributed by atoms with Gasteiger partial charge in [-0.25, -0.2) is 4.39 Å². The Kier molecular flexibility index (Phi) is 3.45. The van der Waals surface area contributed by atoms with Gasteiger partial charge in [-0.15, -0.1) is 0 Å². The molecule has 0 radical (unpaired) electrons. The van der Waals surface area contributed by atoms with E-state index in [4.69, 9.17) is 5.73 Å². The zero-order chi connectivity index (χ0) is 15.0. The van der Waals surface area contributed by atoms with Gasteiger partial charge in [-0.2, -0.15) is 0 Å². The first kappa shape index (κ1) is 14.1. The minimum atomic E-state index is -0.418. The van der Waals surface area contributed by atoms with E-state index in [-0.39, 0.29) is 5.82 Å². The van der Waals surface area contributed by atoms with Crippen molar-refractivity contribution in [2.24, 2.45) is 10.7 Å². The number of nitrogens with zero attached hydrogens (tertiary/aromatic N) is 2. The third-order valence-electron chi connectivity index (χ3n) is 3.80. The van der Waals surface area contributed by atoms with E-state index in [1.807, 2.05) is 29.2 Å². The van der Waals surface area contributed by atoms with Crippen LogP contribution in [0.4, 0.5) is 10.1 Å². The smallest absolute Gasteiger partial charge is 0.196 e. The molecular formula is C16H15BrFN3. The molecule has 3 nitrogen and oxygen atoms in total. The Labute approximate surface area is 131 Å². The summed E-state index contributed by atoms with van der Waals surface area (Å²) in [6, 6.07) is 14.4. The van der Waals surface area contributed by atoms with Crippen LogP contribution in [-0.2, 0) is 5.54 Å². The Bertz CT molecular complexity index is 699. The number of guanidine groups is 1. The van der Waals surface area contributed by atoms with Gasteiger partial charge in [-0.1, -0.05) is 34.1 Å². The van der Waals surface area contributed by atoms with Gasteiger partial charge in [0.05, 0.1) is 12.1 Å². The molecule has 1 aliphatic rings. The van der Waals surface area contributed by atoms with Crippen LogP contribution >= 0.6 is 15.9 Å². The zero-order valence-corrected chi connectivity index (χ0v) is 13.1. The molecule has 1 unspecified atom stereocenters. The lowest BCUT2D eigenvalue weighted by Crippen LogP contribution is -2.47. The molecule has 5 heteroatoms. The van der Waals surface area contributed by atoms with Crippen molar-refractivity contribution >= 4 is 27.6 Å². The highest BCUT2D eigenvalue weighted by molar-refractivity contribution is 9.10. The number of aliphatic imine (C=N–C) groups is 1. The van der Waals surface area contributed by atoms with E-state index >= 15 is 0 Å². The standard InChI is InChI=1S/C16H15BrFN3/c1-16(11-5-7-13(18)8-6-11)10-20-15(19)21(16)14-4-2-3-12(17)9-14/h2-9H,10H2,1H3,(H2,19,20). The van der Waals surface area contributed by atoms with E-state index in [0.717, 1.165) is 15.7 Å². The quantitative estimate of drug-likeness (QED) is 0.900. The van der Waals surface area contributed by atoms with Gasteiger partial charge in [0.2, 0.25) is 0 Å². The zero-order valence-electron chi connectivity index (χ0n) is 11.6. The van der Waals surface area contributed by atoms with Gasteiger partial charge >= 0.3 is 0 Å². The second-order valence-corrected chi connectivity index (χ2v) is 6.19. The highest BCUT2D eigenvalue weighted by Crippen LogP contribution is 2.37. The van der Waals surface area contributed by atoms with Crippen LogP contribution in [0.2, 0.25) is 0 Å². The fourth-order valence-electron chi connectivity index (χ4n) is 2.69. The third kappa shape index (κ3) is 2.42. The van der Waals surface area contributed by atoms with Crippen molar-refractivity contribution in [3.63, 3.8) is 0 Å². The molecule has 21 heavy (non-hydrogen) atoms. The first-order valence-electron chi connectivity index (χ1n) is 6.62. The highest BCUT2D eigenvalue weighted by Gasteiger charge is 2.40. The lowest BCUT2D eigenvalue weighted by Gasteiger charge is -2.36. The molecule has 0 spiro atoms. The monoisotopic (exact) mass is 347 g/mol. The molecule has 0 aromatic heterocycles. The van der Waals surface area contributed by atoms with E-state index in [1.54, 1.807) is 12.1 Å². The van der Waals surface area contributed by atoms with Gasteiger partial charge in [0.25, 0.3) is 0 Å². The number of benzene rings is 2. The maximum Gasteiger partial charge on any atom is 0.196 e. The summed E-state index contributed by atoms with van der Waals surface area (Å²) < 4.78 is 14.1. The predicted molar refractivity (Wildman–Crippen MR) is 86.9 cm³/mol. The van der Waals surface area contributed by atoms with E-state index in [0.29, 0.717) is 12.5 Å². The summed E-state index contributed by atoms with van der Waals surface area (Å²) in [5.41, 5.74) is 7.61.